The number of benzene rings is 1. The first-order valence-electron chi connectivity index (χ1n) is 4.96. The topological polar surface area (TPSA) is 8.17 Å². The highest BCUT2D eigenvalue weighted by atomic mass is 35.5. The highest BCUT2D eigenvalue weighted by Gasteiger charge is 2.09. The van der Waals surface area contributed by atoms with Gasteiger partial charge >= 0.3 is 0 Å². The van der Waals surface area contributed by atoms with Crippen LogP contribution in [0.4, 0.5) is 0 Å². The van der Waals surface area contributed by atoms with Gasteiger partial charge in [-0.15, -0.1) is 0 Å². The average Bonchev–Trinajstić information content (AvgIpc) is 2.44. The summed E-state index contributed by atoms with van der Waals surface area (Å²) in [6.07, 6.45) is 2.15. The summed E-state index contributed by atoms with van der Waals surface area (Å²) in [5, 5.41) is 2.07. The largest absolute Gasteiger partial charge is 0.349 e. The lowest BCUT2D eigenvalue weighted by Gasteiger charge is -2.07. The third-order valence-corrected chi connectivity index (χ3v) is 2.83. The van der Waals surface area contributed by atoms with Gasteiger partial charge in [0.1, 0.15) is 0 Å². The quantitative estimate of drug-likeness (QED) is 0.759. The normalized spacial score (nSPS) is 11.5. The lowest BCUT2D eigenvalue weighted by Crippen LogP contribution is -2.10. The predicted octanol–water partition coefficient (Wildman–Crippen LogP) is 2.89. The van der Waals surface area contributed by atoms with Crippen LogP contribution in [0.15, 0.2) is 24.4 Å². The molecule has 3 heteroatoms. The van der Waals surface area contributed by atoms with Crippen LogP contribution in [0.1, 0.15) is 5.56 Å². The maximum Gasteiger partial charge on any atom is 0.0670 e. The molecule has 0 saturated heterocycles. The van der Waals surface area contributed by atoms with Crippen LogP contribution in [0, 0.1) is 0 Å². The summed E-state index contributed by atoms with van der Waals surface area (Å²) >= 11 is 6.18. The van der Waals surface area contributed by atoms with E-state index in [1.165, 1.54) is 10.9 Å². The van der Waals surface area contributed by atoms with E-state index in [2.05, 4.69) is 35.8 Å². The second-order valence-corrected chi connectivity index (χ2v) is 4.55. The first-order chi connectivity index (χ1) is 7.09. The van der Waals surface area contributed by atoms with Gasteiger partial charge in [-0.25, -0.2) is 0 Å². The van der Waals surface area contributed by atoms with Crippen molar-refractivity contribution in [1.29, 1.82) is 0 Å². The molecule has 0 aliphatic carbocycles. The molecule has 0 amide bonds. The van der Waals surface area contributed by atoms with E-state index in [4.69, 9.17) is 11.6 Å². The van der Waals surface area contributed by atoms with E-state index in [0.717, 1.165) is 17.1 Å². The van der Waals surface area contributed by atoms with E-state index >= 15 is 0 Å². The molecule has 0 spiro atoms. The number of para-hydroxylation sites is 1. The van der Waals surface area contributed by atoms with Crippen molar-refractivity contribution in [3.63, 3.8) is 0 Å². The number of nitrogens with zero attached hydrogens (tertiary/aromatic N) is 2. The molecule has 2 nitrogen and oxygen atoms in total. The first-order valence-corrected chi connectivity index (χ1v) is 5.34. The standard InChI is InChI=1S/C12H15ClN2/c1-14(2)7-9-8-15(3)12-10(9)5-4-6-11(12)13/h4-6,8H,7H2,1-3H3. The number of aryl methyl sites for hydroxylation is 1. The Balaban J connectivity index is 2.63. The Hall–Kier alpha value is -0.990. The molecule has 1 heterocycles. The van der Waals surface area contributed by atoms with Crippen LogP contribution in [0.5, 0.6) is 0 Å². The number of halogens is 1. The van der Waals surface area contributed by atoms with Crippen LogP contribution in [-0.2, 0) is 13.6 Å². The van der Waals surface area contributed by atoms with Crippen molar-refractivity contribution >= 4 is 22.5 Å². The molecule has 0 fully saturated rings. The predicted molar refractivity (Wildman–Crippen MR) is 65.3 cm³/mol. The van der Waals surface area contributed by atoms with E-state index in [-0.39, 0.29) is 0 Å². The van der Waals surface area contributed by atoms with Crippen LogP contribution in [0.3, 0.4) is 0 Å². The van der Waals surface area contributed by atoms with Gasteiger partial charge in [0, 0.05) is 25.2 Å². The first kappa shape index (κ1) is 10.5. The third-order valence-electron chi connectivity index (χ3n) is 2.52. The molecule has 80 valence electrons. The summed E-state index contributed by atoms with van der Waals surface area (Å²) < 4.78 is 2.09. The SMILES string of the molecule is CN(C)Cc1cn(C)c2c(Cl)cccc12. The molecule has 1 aromatic heterocycles. The maximum absolute atomic E-state index is 6.18. The highest BCUT2D eigenvalue weighted by molar-refractivity contribution is 6.35. The summed E-state index contributed by atoms with van der Waals surface area (Å²) in [7, 11) is 6.18. The third kappa shape index (κ3) is 1.87. The summed E-state index contributed by atoms with van der Waals surface area (Å²) in [6, 6.07) is 6.06. The van der Waals surface area contributed by atoms with Gasteiger partial charge in [-0.3, -0.25) is 0 Å². The summed E-state index contributed by atoms with van der Waals surface area (Å²) in [4.78, 5) is 2.16. The van der Waals surface area contributed by atoms with Gasteiger partial charge in [-0.1, -0.05) is 23.7 Å². The van der Waals surface area contributed by atoms with Gasteiger partial charge in [-0.05, 0) is 25.7 Å². The number of fused-ring (bicyclic) bond motifs is 1. The van der Waals surface area contributed by atoms with Gasteiger partial charge in [0.25, 0.3) is 0 Å². The zero-order valence-corrected chi connectivity index (χ0v) is 10.0. The number of hydrogen-bond acceptors (Lipinski definition) is 1. The fourth-order valence-electron chi connectivity index (χ4n) is 1.97. The highest BCUT2D eigenvalue weighted by Crippen LogP contribution is 2.27. The average molecular weight is 223 g/mol. The van der Waals surface area contributed by atoms with Crippen molar-refractivity contribution < 1.29 is 0 Å². The molecular formula is C12H15ClN2. The lowest BCUT2D eigenvalue weighted by molar-refractivity contribution is 0.404. The van der Waals surface area contributed by atoms with Crippen molar-refractivity contribution in [2.75, 3.05) is 14.1 Å². The fraction of sp³-hybridized carbons (Fsp3) is 0.333. The minimum atomic E-state index is 0.819. The molecule has 0 atom stereocenters. The molecule has 15 heavy (non-hydrogen) atoms. The summed E-state index contributed by atoms with van der Waals surface area (Å²) in [5.41, 5.74) is 2.44. The van der Waals surface area contributed by atoms with Crippen molar-refractivity contribution in [3.8, 4) is 0 Å². The second-order valence-electron chi connectivity index (χ2n) is 4.14. The van der Waals surface area contributed by atoms with Crippen LogP contribution in [-0.4, -0.2) is 23.6 Å². The van der Waals surface area contributed by atoms with E-state index < -0.39 is 0 Å². The van der Waals surface area contributed by atoms with E-state index in [1.54, 1.807) is 0 Å². The molecular weight excluding hydrogens is 208 g/mol. The van der Waals surface area contributed by atoms with Gasteiger partial charge in [0.05, 0.1) is 10.5 Å². The lowest BCUT2D eigenvalue weighted by atomic mass is 10.2. The monoisotopic (exact) mass is 222 g/mol. The zero-order chi connectivity index (χ0) is 11.0. The Morgan fingerprint density at radius 1 is 1.33 bits per heavy atom. The van der Waals surface area contributed by atoms with E-state index in [0.29, 0.717) is 0 Å². The molecule has 0 aliphatic rings. The Bertz CT molecular complexity index is 486. The van der Waals surface area contributed by atoms with Gasteiger partial charge < -0.3 is 9.47 Å². The molecule has 1 aromatic carbocycles. The molecule has 2 rings (SSSR count). The molecule has 2 aromatic rings. The fourth-order valence-corrected chi connectivity index (χ4v) is 2.28. The zero-order valence-electron chi connectivity index (χ0n) is 9.29. The molecule has 0 N–H and O–H groups in total. The van der Waals surface area contributed by atoms with Crippen LogP contribution >= 0.6 is 11.6 Å². The Morgan fingerprint density at radius 3 is 2.73 bits per heavy atom. The Labute approximate surface area is 95.1 Å². The van der Waals surface area contributed by atoms with Crippen LogP contribution in [0.25, 0.3) is 10.9 Å². The second kappa shape index (κ2) is 3.87. The molecule has 0 bridgehead atoms. The van der Waals surface area contributed by atoms with Crippen molar-refractivity contribution in [1.82, 2.24) is 9.47 Å². The van der Waals surface area contributed by atoms with Crippen molar-refractivity contribution in [2.45, 2.75) is 6.54 Å². The van der Waals surface area contributed by atoms with Crippen LogP contribution < -0.4 is 0 Å². The molecule has 0 saturated carbocycles. The van der Waals surface area contributed by atoms with Gasteiger partial charge in [0.15, 0.2) is 0 Å². The molecule has 0 aliphatic heterocycles. The molecule has 0 radical (unpaired) electrons. The van der Waals surface area contributed by atoms with Crippen LogP contribution in [0.2, 0.25) is 5.02 Å². The summed E-state index contributed by atoms with van der Waals surface area (Å²) in [6.45, 7) is 0.942. The Kier molecular flexibility index (Phi) is 2.72. The molecule has 0 unspecified atom stereocenters. The van der Waals surface area contributed by atoms with Crippen molar-refractivity contribution in [2.24, 2.45) is 7.05 Å². The van der Waals surface area contributed by atoms with Crippen molar-refractivity contribution in [3.05, 3.63) is 35.0 Å². The maximum atomic E-state index is 6.18. The summed E-state index contributed by atoms with van der Waals surface area (Å²) in [5.74, 6) is 0. The van der Waals surface area contributed by atoms with E-state index in [9.17, 15) is 0 Å². The number of hydrogen-bond donors (Lipinski definition) is 0. The van der Waals surface area contributed by atoms with E-state index in [1.807, 2.05) is 19.2 Å². The number of aromatic nitrogens is 1. The Morgan fingerprint density at radius 2 is 2.07 bits per heavy atom. The van der Waals surface area contributed by atoms with Gasteiger partial charge in [-0.2, -0.15) is 0 Å². The smallest absolute Gasteiger partial charge is 0.0670 e. The number of rotatable bonds is 2. The minimum Gasteiger partial charge on any atom is -0.349 e. The minimum absolute atomic E-state index is 0.819. The van der Waals surface area contributed by atoms with Gasteiger partial charge in [0.2, 0.25) is 0 Å².